The Hall–Kier alpha value is -1.22. The van der Waals surface area contributed by atoms with E-state index < -0.39 is 5.76 Å². The number of halogens is 1. The lowest BCUT2D eigenvalue weighted by atomic mass is 9.77. The van der Waals surface area contributed by atoms with Gasteiger partial charge in [-0.25, -0.2) is 4.79 Å². The van der Waals surface area contributed by atoms with Crippen LogP contribution in [-0.2, 0) is 0 Å². The molecule has 1 aliphatic rings. The highest BCUT2D eigenvalue weighted by Gasteiger charge is 2.39. The summed E-state index contributed by atoms with van der Waals surface area (Å²) in [6.07, 6.45) is 5.99. The monoisotopic (exact) mass is 279 g/mol. The Labute approximate surface area is 117 Å². The smallest absolute Gasteiger partial charge is 0.408 e. The van der Waals surface area contributed by atoms with E-state index in [9.17, 15) is 4.79 Å². The topological polar surface area (TPSA) is 46.0 Å². The Balaban J connectivity index is 2.00. The van der Waals surface area contributed by atoms with Crippen molar-refractivity contribution in [3.05, 3.63) is 34.3 Å². The van der Waals surface area contributed by atoms with Gasteiger partial charge in [-0.15, -0.1) is 11.6 Å². The molecule has 0 bridgehead atoms. The molecule has 0 aliphatic heterocycles. The highest BCUT2D eigenvalue weighted by atomic mass is 35.5. The number of H-pyrrole nitrogens is 1. The van der Waals surface area contributed by atoms with E-state index in [1.165, 1.54) is 25.7 Å². The van der Waals surface area contributed by atoms with Gasteiger partial charge in [-0.3, -0.25) is 4.98 Å². The van der Waals surface area contributed by atoms with E-state index in [0.29, 0.717) is 5.58 Å². The van der Waals surface area contributed by atoms with Crippen LogP contribution in [0.5, 0.6) is 0 Å². The van der Waals surface area contributed by atoms with Gasteiger partial charge < -0.3 is 4.42 Å². The number of hydrogen-bond acceptors (Lipinski definition) is 2. The van der Waals surface area contributed by atoms with Gasteiger partial charge in [0.2, 0.25) is 0 Å². The minimum Gasteiger partial charge on any atom is -0.408 e. The first-order chi connectivity index (χ1) is 9.14. The van der Waals surface area contributed by atoms with Crippen molar-refractivity contribution in [1.82, 2.24) is 4.98 Å². The number of oxazole rings is 1. The van der Waals surface area contributed by atoms with Crippen molar-refractivity contribution >= 4 is 22.7 Å². The molecule has 2 aromatic rings. The molecule has 0 spiro atoms. The minimum atomic E-state index is -0.413. The molecule has 0 saturated heterocycles. The number of hydrogen-bond donors (Lipinski definition) is 1. The quantitative estimate of drug-likeness (QED) is 0.848. The summed E-state index contributed by atoms with van der Waals surface area (Å²) in [6, 6.07) is 5.78. The molecule has 4 heteroatoms. The van der Waals surface area contributed by atoms with Crippen LogP contribution in [0.4, 0.5) is 0 Å². The molecule has 102 valence electrons. The van der Waals surface area contributed by atoms with Gasteiger partial charge in [-0.05, 0) is 42.4 Å². The molecule has 1 N–H and O–H groups in total. The van der Waals surface area contributed by atoms with Crippen molar-refractivity contribution < 1.29 is 4.42 Å². The number of aromatic nitrogens is 1. The van der Waals surface area contributed by atoms with Gasteiger partial charge in [0.25, 0.3) is 0 Å². The van der Waals surface area contributed by atoms with Gasteiger partial charge in [0.05, 0.1) is 10.9 Å². The van der Waals surface area contributed by atoms with Crippen LogP contribution in [0, 0.1) is 5.41 Å². The van der Waals surface area contributed by atoms with Crippen molar-refractivity contribution in [2.24, 2.45) is 5.41 Å². The molecule has 0 radical (unpaired) electrons. The maximum Gasteiger partial charge on any atom is 0.417 e. The molecule has 0 amide bonds. The van der Waals surface area contributed by atoms with Crippen LogP contribution < -0.4 is 5.76 Å². The van der Waals surface area contributed by atoms with Crippen molar-refractivity contribution in [2.75, 3.05) is 0 Å². The lowest BCUT2D eigenvalue weighted by Crippen LogP contribution is -2.21. The number of aromatic amines is 1. The lowest BCUT2D eigenvalue weighted by molar-refractivity contribution is 0.271. The summed E-state index contributed by atoms with van der Waals surface area (Å²) in [5, 5.41) is -0.00963. The summed E-state index contributed by atoms with van der Waals surface area (Å²) < 4.78 is 5.12. The molecule has 1 aliphatic carbocycles. The largest absolute Gasteiger partial charge is 0.417 e. The van der Waals surface area contributed by atoms with Gasteiger partial charge in [0, 0.05) is 0 Å². The molecule has 1 saturated carbocycles. The number of alkyl halides is 1. The van der Waals surface area contributed by atoms with E-state index in [1.807, 2.05) is 18.2 Å². The summed E-state index contributed by atoms with van der Waals surface area (Å²) in [4.78, 5) is 13.8. The molecule has 1 aromatic heterocycles. The van der Waals surface area contributed by atoms with E-state index in [1.54, 1.807) is 0 Å². The first-order valence-corrected chi connectivity index (χ1v) is 7.35. The second-order valence-electron chi connectivity index (χ2n) is 5.56. The summed E-state index contributed by atoms with van der Waals surface area (Å²) in [7, 11) is 0. The fourth-order valence-corrected chi connectivity index (χ4v) is 3.85. The molecule has 1 atom stereocenters. The van der Waals surface area contributed by atoms with Gasteiger partial charge in [0.15, 0.2) is 5.58 Å². The number of benzene rings is 1. The van der Waals surface area contributed by atoms with Crippen LogP contribution in [0.2, 0.25) is 0 Å². The predicted molar refractivity (Wildman–Crippen MR) is 76.6 cm³/mol. The van der Waals surface area contributed by atoms with Crippen LogP contribution in [0.1, 0.15) is 50.0 Å². The van der Waals surface area contributed by atoms with Gasteiger partial charge >= 0.3 is 5.76 Å². The highest BCUT2D eigenvalue weighted by molar-refractivity contribution is 6.21. The Kier molecular flexibility index (Phi) is 3.17. The fourth-order valence-electron chi connectivity index (χ4n) is 3.34. The average Bonchev–Trinajstić information content (AvgIpc) is 3.02. The van der Waals surface area contributed by atoms with Crippen LogP contribution in [0.25, 0.3) is 11.1 Å². The molecule has 3 nitrogen and oxygen atoms in total. The first-order valence-electron chi connectivity index (χ1n) is 6.91. The number of nitrogens with one attached hydrogen (secondary N) is 1. The zero-order valence-electron chi connectivity index (χ0n) is 11.0. The molecule has 1 heterocycles. The molecular weight excluding hydrogens is 262 g/mol. The number of fused-ring (bicyclic) bond motifs is 1. The fraction of sp³-hybridized carbons (Fsp3) is 0.533. The van der Waals surface area contributed by atoms with Gasteiger partial charge in [0.1, 0.15) is 0 Å². The third-order valence-electron chi connectivity index (χ3n) is 4.58. The summed E-state index contributed by atoms with van der Waals surface area (Å²) in [5.41, 5.74) is 2.58. The van der Waals surface area contributed by atoms with Gasteiger partial charge in [-0.1, -0.05) is 25.8 Å². The number of rotatable bonds is 3. The lowest BCUT2D eigenvalue weighted by Gasteiger charge is -2.33. The standard InChI is InChI=1S/C15H18ClNO2/c1-2-15(7-3-4-8-15)13(16)10-5-6-11-12(9-10)19-14(18)17-11/h5-6,9,13H,2-4,7-8H2,1H3,(H,17,18). The van der Waals surface area contributed by atoms with Crippen molar-refractivity contribution in [3.8, 4) is 0 Å². The van der Waals surface area contributed by atoms with Crippen LogP contribution in [0.15, 0.2) is 27.4 Å². The zero-order chi connectivity index (χ0) is 13.5. The van der Waals surface area contributed by atoms with E-state index in [2.05, 4.69) is 11.9 Å². The van der Waals surface area contributed by atoms with Crippen molar-refractivity contribution in [1.29, 1.82) is 0 Å². The summed E-state index contributed by atoms with van der Waals surface area (Å²) >= 11 is 6.75. The van der Waals surface area contributed by atoms with Crippen LogP contribution in [-0.4, -0.2) is 4.98 Å². The minimum absolute atomic E-state index is 0.00963. The second kappa shape index (κ2) is 4.71. The Morgan fingerprint density at radius 1 is 1.42 bits per heavy atom. The van der Waals surface area contributed by atoms with Crippen molar-refractivity contribution in [2.45, 2.75) is 44.4 Å². The SMILES string of the molecule is CCC1(C(Cl)c2ccc3[nH]c(=O)oc3c2)CCCC1. The third-order valence-corrected chi connectivity index (χ3v) is 5.29. The second-order valence-corrected chi connectivity index (χ2v) is 5.99. The first kappa shape index (κ1) is 12.8. The van der Waals surface area contributed by atoms with E-state index in [4.69, 9.17) is 16.0 Å². The zero-order valence-corrected chi connectivity index (χ0v) is 11.8. The molecule has 19 heavy (non-hydrogen) atoms. The van der Waals surface area contributed by atoms with Crippen LogP contribution >= 0.6 is 11.6 Å². The molecule has 3 rings (SSSR count). The summed E-state index contributed by atoms with van der Waals surface area (Å²) in [6.45, 7) is 2.22. The van der Waals surface area contributed by atoms with E-state index >= 15 is 0 Å². The molecular formula is C15H18ClNO2. The maximum absolute atomic E-state index is 11.2. The predicted octanol–water partition coefficient (Wildman–Crippen LogP) is 4.37. The molecule has 1 unspecified atom stereocenters. The Morgan fingerprint density at radius 2 is 2.16 bits per heavy atom. The molecule has 1 fully saturated rings. The highest BCUT2D eigenvalue weighted by Crippen LogP contribution is 2.53. The van der Waals surface area contributed by atoms with E-state index in [-0.39, 0.29) is 10.8 Å². The Morgan fingerprint density at radius 3 is 2.84 bits per heavy atom. The van der Waals surface area contributed by atoms with Gasteiger partial charge in [-0.2, -0.15) is 0 Å². The normalized spacial score (nSPS) is 19.9. The van der Waals surface area contributed by atoms with E-state index in [0.717, 1.165) is 17.5 Å². The van der Waals surface area contributed by atoms with Crippen LogP contribution in [0.3, 0.4) is 0 Å². The third kappa shape index (κ3) is 2.10. The van der Waals surface area contributed by atoms with Crippen molar-refractivity contribution in [3.63, 3.8) is 0 Å². The Bertz CT molecular complexity index is 637. The maximum atomic E-state index is 11.2. The summed E-state index contributed by atoms with van der Waals surface area (Å²) in [5.74, 6) is -0.413. The average molecular weight is 280 g/mol. The molecule has 1 aromatic carbocycles.